The Balaban J connectivity index is 1.82. The highest BCUT2D eigenvalue weighted by molar-refractivity contribution is 5.99. The van der Waals surface area contributed by atoms with Gasteiger partial charge in [-0.15, -0.1) is 0 Å². The molecule has 1 fully saturated rings. The lowest BCUT2D eigenvalue weighted by molar-refractivity contribution is -0.145. The van der Waals surface area contributed by atoms with Crippen molar-refractivity contribution in [2.45, 2.75) is 63.7 Å². The fourth-order valence-electron chi connectivity index (χ4n) is 5.53. The van der Waals surface area contributed by atoms with E-state index in [-0.39, 0.29) is 36.9 Å². The van der Waals surface area contributed by atoms with Crippen LogP contribution in [0.2, 0.25) is 0 Å². The summed E-state index contributed by atoms with van der Waals surface area (Å²) in [6.45, 7) is 7.87. The summed E-state index contributed by atoms with van der Waals surface area (Å²) in [5, 5.41) is 0. The average Bonchev–Trinajstić information content (AvgIpc) is 3.18. The minimum absolute atomic E-state index is 0.00873. The first kappa shape index (κ1) is 18.2. The van der Waals surface area contributed by atoms with E-state index < -0.39 is 17.0 Å². The standard InChI is InChI=1S/C22H24N2O5/c1-12(25)23-10-13-7-16-17(29-11-28-16)9-15(13)22-6-5-14(26)8-18(22)24(21(2,3)4)20(27)19(22)23/h5-7,9,18-19H,8,10-11H2,1-4H3/t18-,19+,22-/m0/s1. The summed E-state index contributed by atoms with van der Waals surface area (Å²) in [6.07, 6.45) is 3.66. The van der Waals surface area contributed by atoms with E-state index in [0.29, 0.717) is 18.0 Å². The van der Waals surface area contributed by atoms with E-state index in [1.807, 2.05) is 43.9 Å². The Hall–Kier alpha value is -2.83. The van der Waals surface area contributed by atoms with Crippen LogP contribution in [0.4, 0.5) is 0 Å². The van der Waals surface area contributed by atoms with Gasteiger partial charge in [0, 0.05) is 25.4 Å². The summed E-state index contributed by atoms with van der Waals surface area (Å²) in [5.74, 6) is 1.00. The van der Waals surface area contributed by atoms with Gasteiger partial charge >= 0.3 is 0 Å². The Morgan fingerprint density at radius 1 is 1.17 bits per heavy atom. The monoisotopic (exact) mass is 396 g/mol. The van der Waals surface area contributed by atoms with E-state index in [9.17, 15) is 14.4 Å². The van der Waals surface area contributed by atoms with Gasteiger partial charge < -0.3 is 19.3 Å². The fourth-order valence-corrected chi connectivity index (χ4v) is 5.53. The van der Waals surface area contributed by atoms with E-state index in [4.69, 9.17) is 9.47 Å². The number of ether oxygens (including phenoxy) is 2. The van der Waals surface area contributed by atoms with Gasteiger partial charge in [-0.05, 0) is 50.1 Å². The third-order valence-corrected chi connectivity index (χ3v) is 6.57. The van der Waals surface area contributed by atoms with Crippen LogP contribution in [0.25, 0.3) is 0 Å². The molecule has 3 atom stereocenters. The van der Waals surface area contributed by atoms with E-state index in [0.717, 1.165) is 11.1 Å². The smallest absolute Gasteiger partial charge is 0.247 e. The molecule has 7 heteroatoms. The molecule has 0 N–H and O–H groups in total. The second kappa shape index (κ2) is 5.62. The maximum absolute atomic E-state index is 13.7. The molecule has 1 spiro atoms. The maximum atomic E-state index is 13.7. The van der Waals surface area contributed by atoms with Crippen LogP contribution < -0.4 is 9.47 Å². The van der Waals surface area contributed by atoms with Crippen molar-refractivity contribution >= 4 is 17.6 Å². The molecule has 1 aliphatic carbocycles. The highest BCUT2D eigenvalue weighted by Crippen LogP contribution is 2.55. The van der Waals surface area contributed by atoms with Crippen LogP contribution in [0, 0.1) is 0 Å². The van der Waals surface area contributed by atoms with Gasteiger partial charge in [0.15, 0.2) is 17.3 Å². The van der Waals surface area contributed by atoms with Crippen molar-refractivity contribution in [2.75, 3.05) is 6.79 Å². The van der Waals surface area contributed by atoms with Gasteiger partial charge in [0.25, 0.3) is 0 Å². The zero-order valence-corrected chi connectivity index (χ0v) is 17.0. The number of likely N-dealkylation sites (tertiary alicyclic amines) is 1. The lowest BCUT2D eigenvalue weighted by Gasteiger charge is -2.48. The first-order chi connectivity index (χ1) is 13.6. The Bertz CT molecular complexity index is 992. The third kappa shape index (κ3) is 2.27. The second-order valence-electron chi connectivity index (χ2n) is 9.24. The number of allylic oxidation sites excluding steroid dienone is 1. The van der Waals surface area contributed by atoms with Crippen LogP contribution in [0.1, 0.15) is 45.2 Å². The molecule has 0 unspecified atom stereocenters. The number of carbonyl (C=O) groups is 3. The quantitative estimate of drug-likeness (QED) is 0.670. The van der Waals surface area contributed by atoms with Gasteiger partial charge in [-0.25, -0.2) is 0 Å². The number of benzene rings is 1. The van der Waals surface area contributed by atoms with Crippen LogP contribution in [0.3, 0.4) is 0 Å². The molecule has 1 saturated heterocycles. The molecule has 4 aliphatic rings. The normalized spacial score (nSPS) is 29.7. The van der Waals surface area contributed by atoms with Crippen molar-refractivity contribution in [3.05, 3.63) is 35.4 Å². The molecular formula is C22H24N2O5. The Kier molecular flexibility index (Phi) is 3.53. The van der Waals surface area contributed by atoms with Crippen LogP contribution in [0.5, 0.6) is 11.5 Å². The first-order valence-corrected chi connectivity index (χ1v) is 9.90. The second-order valence-corrected chi connectivity index (χ2v) is 9.24. The average molecular weight is 396 g/mol. The van der Waals surface area contributed by atoms with E-state index in [2.05, 4.69) is 0 Å². The molecule has 0 bridgehead atoms. The fraction of sp³-hybridized carbons (Fsp3) is 0.500. The number of fused-ring (bicyclic) bond motifs is 2. The Morgan fingerprint density at radius 3 is 2.52 bits per heavy atom. The summed E-state index contributed by atoms with van der Waals surface area (Å²) >= 11 is 0. The summed E-state index contributed by atoms with van der Waals surface area (Å²) in [6, 6.07) is 2.80. The van der Waals surface area contributed by atoms with Crippen molar-refractivity contribution in [1.82, 2.24) is 9.80 Å². The van der Waals surface area contributed by atoms with E-state index in [1.54, 1.807) is 11.0 Å². The molecule has 0 aromatic heterocycles. The molecule has 29 heavy (non-hydrogen) atoms. The van der Waals surface area contributed by atoms with Crippen molar-refractivity contribution in [2.24, 2.45) is 0 Å². The number of amides is 2. The van der Waals surface area contributed by atoms with Gasteiger partial charge in [0.2, 0.25) is 18.6 Å². The zero-order chi connectivity index (χ0) is 20.7. The number of carbonyl (C=O) groups excluding carboxylic acids is 3. The first-order valence-electron chi connectivity index (χ1n) is 9.90. The highest BCUT2D eigenvalue weighted by Gasteiger charge is 2.66. The van der Waals surface area contributed by atoms with Gasteiger partial charge in [-0.2, -0.15) is 0 Å². The Morgan fingerprint density at radius 2 is 1.86 bits per heavy atom. The van der Waals surface area contributed by atoms with Gasteiger partial charge in [0.05, 0.1) is 11.5 Å². The zero-order valence-electron chi connectivity index (χ0n) is 17.0. The molecule has 7 nitrogen and oxygen atoms in total. The third-order valence-electron chi connectivity index (χ3n) is 6.57. The van der Waals surface area contributed by atoms with Gasteiger partial charge in [-0.3, -0.25) is 14.4 Å². The summed E-state index contributed by atoms with van der Waals surface area (Å²) < 4.78 is 11.2. The lowest BCUT2D eigenvalue weighted by atomic mass is 9.63. The number of rotatable bonds is 0. The number of hydrogen-bond donors (Lipinski definition) is 0. The van der Waals surface area contributed by atoms with Gasteiger partial charge in [-0.1, -0.05) is 6.08 Å². The highest BCUT2D eigenvalue weighted by atomic mass is 16.7. The van der Waals surface area contributed by atoms with Crippen LogP contribution in [-0.2, 0) is 26.3 Å². The van der Waals surface area contributed by atoms with E-state index in [1.165, 1.54) is 6.92 Å². The molecule has 0 radical (unpaired) electrons. The van der Waals surface area contributed by atoms with Crippen LogP contribution in [-0.4, -0.2) is 51.8 Å². The molecule has 5 rings (SSSR count). The molecule has 3 heterocycles. The number of nitrogens with zero attached hydrogens (tertiary/aromatic N) is 2. The minimum atomic E-state index is -0.793. The largest absolute Gasteiger partial charge is 0.454 e. The summed E-state index contributed by atoms with van der Waals surface area (Å²) in [5.41, 5.74) is 0.584. The summed E-state index contributed by atoms with van der Waals surface area (Å²) in [4.78, 5) is 42.3. The Labute approximate surface area is 169 Å². The molecule has 1 aromatic rings. The maximum Gasteiger partial charge on any atom is 0.247 e. The van der Waals surface area contributed by atoms with E-state index >= 15 is 0 Å². The minimum Gasteiger partial charge on any atom is -0.454 e. The summed E-state index contributed by atoms with van der Waals surface area (Å²) in [7, 11) is 0. The molecular weight excluding hydrogens is 372 g/mol. The molecule has 0 saturated carbocycles. The topological polar surface area (TPSA) is 76.2 Å². The molecule has 2 amide bonds. The molecule has 152 valence electrons. The van der Waals surface area contributed by atoms with Crippen LogP contribution >= 0.6 is 0 Å². The van der Waals surface area contributed by atoms with Crippen molar-refractivity contribution in [3.8, 4) is 11.5 Å². The number of ketones is 1. The molecule has 1 aromatic carbocycles. The lowest BCUT2D eigenvalue weighted by Crippen LogP contribution is -2.58. The van der Waals surface area contributed by atoms with Crippen molar-refractivity contribution in [1.29, 1.82) is 0 Å². The van der Waals surface area contributed by atoms with Gasteiger partial charge in [0.1, 0.15) is 6.04 Å². The van der Waals surface area contributed by atoms with Crippen molar-refractivity contribution < 1.29 is 23.9 Å². The SMILES string of the molecule is CC(=O)N1Cc2cc3c(cc2[C@@]24C=CC(=O)C[C@@H]2N(C(C)(C)C)C(=O)[C@@H]14)OCO3. The molecule has 3 aliphatic heterocycles. The van der Waals surface area contributed by atoms with Crippen molar-refractivity contribution in [3.63, 3.8) is 0 Å². The predicted octanol–water partition coefficient (Wildman–Crippen LogP) is 1.92. The number of hydrogen-bond acceptors (Lipinski definition) is 5. The predicted molar refractivity (Wildman–Crippen MR) is 103 cm³/mol. The van der Waals surface area contributed by atoms with Crippen LogP contribution in [0.15, 0.2) is 24.3 Å².